The van der Waals surface area contributed by atoms with Gasteiger partial charge in [-0.1, -0.05) is 12.1 Å². The SMILES string of the molecule is COC(=O)c1occc1COC(=O)c1ccccc1NC(=O)NC(C)C. The summed E-state index contributed by atoms with van der Waals surface area (Å²) in [6.45, 7) is 3.47. The minimum absolute atomic E-state index is 0.0250. The summed E-state index contributed by atoms with van der Waals surface area (Å²) in [6.07, 6.45) is 1.31. The summed E-state index contributed by atoms with van der Waals surface area (Å²) < 4.78 is 14.9. The Morgan fingerprint density at radius 1 is 1.12 bits per heavy atom. The molecule has 0 spiro atoms. The molecule has 2 aromatic rings. The molecule has 26 heavy (non-hydrogen) atoms. The topological polar surface area (TPSA) is 107 Å². The largest absolute Gasteiger partial charge is 0.463 e. The van der Waals surface area contributed by atoms with Gasteiger partial charge in [0, 0.05) is 11.6 Å². The highest BCUT2D eigenvalue weighted by molar-refractivity contribution is 6.00. The van der Waals surface area contributed by atoms with Gasteiger partial charge in [0.1, 0.15) is 6.61 Å². The molecule has 1 aromatic heterocycles. The highest BCUT2D eigenvalue weighted by Crippen LogP contribution is 2.18. The summed E-state index contributed by atoms with van der Waals surface area (Å²) in [5.41, 5.74) is 0.888. The number of hydrogen-bond acceptors (Lipinski definition) is 6. The number of nitrogens with one attached hydrogen (secondary N) is 2. The van der Waals surface area contributed by atoms with Crippen molar-refractivity contribution < 1.29 is 28.3 Å². The summed E-state index contributed by atoms with van der Waals surface area (Å²) in [7, 11) is 1.23. The Balaban J connectivity index is 2.07. The first-order valence-corrected chi connectivity index (χ1v) is 7.90. The number of urea groups is 1. The van der Waals surface area contributed by atoms with E-state index < -0.39 is 18.0 Å². The molecule has 0 bridgehead atoms. The molecule has 0 radical (unpaired) electrons. The molecule has 1 aromatic carbocycles. The van der Waals surface area contributed by atoms with Crippen LogP contribution >= 0.6 is 0 Å². The average Bonchev–Trinajstić information content (AvgIpc) is 3.07. The molecule has 138 valence electrons. The fourth-order valence-electron chi connectivity index (χ4n) is 2.13. The van der Waals surface area contributed by atoms with Gasteiger partial charge in [0.2, 0.25) is 5.76 Å². The summed E-state index contributed by atoms with van der Waals surface area (Å²) >= 11 is 0. The van der Waals surface area contributed by atoms with Crippen molar-refractivity contribution in [2.75, 3.05) is 12.4 Å². The van der Waals surface area contributed by atoms with E-state index in [-0.39, 0.29) is 24.0 Å². The van der Waals surface area contributed by atoms with Crippen LogP contribution in [0.2, 0.25) is 0 Å². The third kappa shape index (κ3) is 4.85. The van der Waals surface area contributed by atoms with Crippen molar-refractivity contribution in [3.63, 3.8) is 0 Å². The molecule has 0 aliphatic heterocycles. The standard InChI is InChI=1S/C18H20N2O6/c1-11(2)19-18(23)20-14-7-5-4-6-13(14)16(21)26-10-12-8-9-25-15(12)17(22)24-3/h4-9,11H,10H2,1-3H3,(H2,19,20,23). The van der Waals surface area contributed by atoms with Crippen LogP contribution in [0.25, 0.3) is 0 Å². The first-order valence-electron chi connectivity index (χ1n) is 7.90. The second-order valence-corrected chi connectivity index (χ2v) is 5.64. The Morgan fingerprint density at radius 2 is 1.85 bits per heavy atom. The molecular formula is C18H20N2O6. The number of carbonyl (C=O) groups is 3. The second-order valence-electron chi connectivity index (χ2n) is 5.64. The first-order chi connectivity index (χ1) is 12.4. The van der Waals surface area contributed by atoms with Crippen LogP contribution in [0, 0.1) is 0 Å². The van der Waals surface area contributed by atoms with Crippen LogP contribution in [0.3, 0.4) is 0 Å². The third-order valence-corrected chi connectivity index (χ3v) is 3.29. The van der Waals surface area contributed by atoms with Crippen LogP contribution in [0.5, 0.6) is 0 Å². The lowest BCUT2D eigenvalue weighted by molar-refractivity contribution is 0.0454. The zero-order chi connectivity index (χ0) is 19.1. The van der Waals surface area contributed by atoms with Crippen LogP contribution in [-0.2, 0) is 16.1 Å². The van der Waals surface area contributed by atoms with Crippen molar-refractivity contribution in [3.05, 3.63) is 53.5 Å². The number of hydrogen-bond donors (Lipinski definition) is 2. The fraction of sp³-hybridized carbons (Fsp3) is 0.278. The van der Waals surface area contributed by atoms with Gasteiger partial charge >= 0.3 is 18.0 Å². The first kappa shape index (κ1) is 19.0. The highest BCUT2D eigenvalue weighted by Gasteiger charge is 2.19. The Morgan fingerprint density at radius 3 is 2.54 bits per heavy atom. The van der Waals surface area contributed by atoms with Crippen molar-refractivity contribution >= 4 is 23.7 Å². The summed E-state index contributed by atoms with van der Waals surface area (Å²) in [6, 6.07) is 7.50. The predicted molar refractivity (Wildman–Crippen MR) is 92.9 cm³/mol. The zero-order valence-electron chi connectivity index (χ0n) is 14.7. The van der Waals surface area contributed by atoms with Gasteiger partial charge < -0.3 is 24.5 Å². The Labute approximate surface area is 150 Å². The predicted octanol–water partition coefficient (Wildman–Crippen LogP) is 2.95. The van der Waals surface area contributed by atoms with Gasteiger partial charge in [-0.05, 0) is 32.0 Å². The highest BCUT2D eigenvalue weighted by atomic mass is 16.5. The number of amides is 2. The minimum atomic E-state index is -0.659. The number of carbonyl (C=O) groups excluding carboxylic acids is 3. The maximum Gasteiger partial charge on any atom is 0.374 e. The van der Waals surface area contributed by atoms with E-state index in [9.17, 15) is 14.4 Å². The number of esters is 2. The maximum absolute atomic E-state index is 12.4. The van der Waals surface area contributed by atoms with Gasteiger partial charge in [0.15, 0.2) is 0 Å². The third-order valence-electron chi connectivity index (χ3n) is 3.29. The van der Waals surface area contributed by atoms with Crippen molar-refractivity contribution in [2.24, 2.45) is 0 Å². The Kier molecular flexibility index (Phi) is 6.37. The molecule has 2 N–H and O–H groups in total. The zero-order valence-corrected chi connectivity index (χ0v) is 14.7. The van der Waals surface area contributed by atoms with Crippen LogP contribution < -0.4 is 10.6 Å². The van der Waals surface area contributed by atoms with E-state index in [0.717, 1.165) is 0 Å². The van der Waals surface area contributed by atoms with E-state index in [1.165, 1.54) is 25.5 Å². The van der Waals surface area contributed by atoms with Crippen molar-refractivity contribution in [3.8, 4) is 0 Å². The number of ether oxygens (including phenoxy) is 2. The molecular weight excluding hydrogens is 340 g/mol. The molecule has 2 amide bonds. The van der Waals surface area contributed by atoms with Gasteiger partial charge in [0.25, 0.3) is 0 Å². The molecule has 0 atom stereocenters. The monoisotopic (exact) mass is 360 g/mol. The van der Waals surface area contributed by atoms with E-state index in [4.69, 9.17) is 9.15 Å². The Bertz CT molecular complexity index is 796. The van der Waals surface area contributed by atoms with Crippen LogP contribution in [0.1, 0.15) is 40.3 Å². The van der Waals surface area contributed by atoms with Gasteiger partial charge in [-0.15, -0.1) is 0 Å². The van der Waals surface area contributed by atoms with E-state index in [2.05, 4.69) is 15.4 Å². The average molecular weight is 360 g/mol. The number of benzene rings is 1. The van der Waals surface area contributed by atoms with Crippen molar-refractivity contribution in [2.45, 2.75) is 26.5 Å². The van der Waals surface area contributed by atoms with Gasteiger partial charge in [-0.2, -0.15) is 0 Å². The molecule has 0 aliphatic rings. The molecule has 0 saturated heterocycles. The lowest BCUT2D eigenvalue weighted by Gasteiger charge is -2.13. The maximum atomic E-state index is 12.4. The van der Waals surface area contributed by atoms with Crippen LogP contribution in [-0.4, -0.2) is 31.1 Å². The molecule has 8 heteroatoms. The number of rotatable bonds is 6. The molecule has 0 saturated carbocycles. The lowest BCUT2D eigenvalue weighted by atomic mass is 10.2. The molecule has 2 rings (SSSR count). The fourth-order valence-corrected chi connectivity index (χ4v) is 2.13. The number of anilines is 1. The van der Waals surface area contributed by atoms with E-state index in [1.54, 1.807) is 18.2 Å². The Hall–Kier alpha value is -3.29. The van der Waals surface area contributed by atoms with Crippen LogP contribution in [0.4, 0.5) is 10.5 Å². The summed E-state index contributed by atoms with van der Waals surface area (Å²) in [5.74, 6) is -1.33. The number of furan rings is 1. The quantitative estimate of drug-likeness (QED) is 0.767. The smallest absolute Gasteiger partial charge is 0.374 e. The van der Waals surface area contributed by atoms with Crippen LogP contribution in [0.15, 0.2) is 41.0 Å². The van der Waals surface area contributed by atoms with E-state index in [0.29, 0.717) is 11.3 Å². The molecule has 0 fully saturated rings. The van der Waals surface area contributed by atoms with E-state index in [1.807, 2.05) is 13.8 Å². The molecule has 0 unspecified atom stereocenters. The van der Waals surface area contributed by atoms with Gasteiger partial charge in [-0.25, -0.2) is 14.4 Å². The number of methoxy groups -OCH3 is 1. The summed E-state index contributed by atoms with van der Waals surface area (Å²) in [5, 5.41) is 5.28. The molecule has 8 nitrogen and oxygen atoms in total. The van der Waals surface area contributed by atoms with Gasteiger partial charge in [-0.3, -0.25) is 0 Å². The van der Waals surface area contributed by atoms with Gasteiger partial charge in [0.05, 0.1) is 24.6 Å². The molecule has 0 aliphatic carbocycles. The van der Waals surface area contributed by atoms with Crippen molar-refractivity contribution in [1.29, 1.82) is 0 Å². The summed E-state index contributed by atoms with van der Waals surface area (Å²) in [4.78, 5) is 35.8. The molecule has 1 heterocycles. The second kappa shape index (κ2) is 8.70. The normalized spacial score (nSPS) is 10.3. The number of para-hydroxylation sites is 1. The lowest BCUT2D eigenvalue weighted by Crippen LogP contribution is -2.34. The van der Waals surface area contributed by atoms with Crippen molar-refractivity contribution in [1.82, 2.24) is 5.32 Å². The van der Waals surface area contributed by atoms with E-state index >= 15 is 0 Å². The minimum Gasteiger partial charge on any atom is -0.463 e.